The van der Waals surface area contributed by atoms with Crippen LogP contribution < -0.4 is 10.6 Å². The number of anilines is 2. The number of nitrogens with one attached hydrogen (secondary N) is 2. The summed E-state index contributed by atoms with van der Waals surface area (Å²) in [6.45, 7) is 0. The quantitative estimate of drug-likeness (QED) is 0.154. The van der Waals surface area contributed by atoms with Crippen LogP contribution in [0, 0.1) is 0 Å². The molecular formula is C43H34N8O. The summed E-state index contributed by atoms with van der Waals surface area (Å²) in [5, 5.41) is 26.4. The first-order chi connectivity index (χ1) is 25.5. The molecule has 9 heteroatoms. The Morgan fingerprint density at radius 3 is 1.21 bits per heavy atom. The molecule has 2 heterocycles. The SMILES string of the molecule is Cn1c(-c2ccccc2)c(N=Nc2ccc(NC(=O)Nc3ccc(N=Nc4c(-c5ccccc5)n(C)c5ccccc45)cc3)cc2)c2ccccc21. The first-order valence-electron chi connectivity index (χ1n) is 16.9. The molecule has 0 fully saturated rings. The van der Waals surface area contributed by atoms with Gasteiger partial charge in [0.2, 0.25) is 0 Å². The summed E-state index contributed by atoms with van der Waals surface area (Å²) in [5.41, 5.74) is 10.5. The van der Waals surface area contributed by atoms with E-state index in [2.05, 4.69) is 78.5 Å². The van der Waals surface area contributed by atoms with Crippen molar-refractivity contribution in [3.05, 3.63) is 158 Å². The van der Waals surface area contributed by atoms with E-state index < -0.39 is 0 Å². The minimum atomic E-state index is -0.365. The highest BCUT2D eigenvalue weighted by Gasteiger charge is 2.18. The van der Waals surface area contributed by atoms with E-state index in [1.807, 2.05) is 99.0 Å². The normalized spacial score (nSPS) is 11.6. The van der Waals surface area contributed by atoms with Crippen LogP contribution in [0.5, 0.6) is 0 Å². The van der Waals surface area contributed by atoms with Gasteiger partial charge < -0.3 is 19.8 Å². The molecule has 0 saturated carbocycles. The van der Waals surface area contributed by atoms with Crippen LogP contribution in [0.3, 0.4) is 0 Å². The van der Waals surface area contributed by atoms with Crippen molar-refractivity contribution in [2.45, 2.75) is 0 Å². The lowest BCUT2D eigenvalue weighted by molar-refractivity contribution is 0.262. The third-order valence-electron chi connectivity index (χ3n) is 9.04. The van der Waals surface area contributed by atoms with E-state index in [9.17, 15) is 4.79 Å². The van der Waals surface area contributed by atoms with Gasteiger partial charge >= 0.3 is 6.03 Å². The lowest BCUT2D eigenvalue weighted by atomic mass is 10.1. The molecule has 6 aromatic carbocycles. The molecule has 0 unspecified atom stereocenters. The summed E-state index contributed by atoms with van der Waals surface area (Å²) >= 11 is 0. The summed E-state index contributed by atoms with van der Waals surface area (Å²) in [4.78, 5) is 12.9. The zero-order chi connectivity index (χ0) is 35.4. The van der Waals surface area contributed by atoms with Crippen LogP contribution in [0.15, 0.2) is 178 Å². The largest absolute Gasteiger partial charge is 0.342 e. The van der Waals surface area contributed by atoms with E-state index in [4.69, 9.17) is 10.2 Å². The Morgan fingerprint density at radius 1 is 0.442 bits per heavy atom. The van der Waals surface area contributed by atoms with E-state index in [0.717, 1.165) is 55.7 Å². The lowest BCUT2D eigenvalue weighted by Crippen LogP contribution is -2.19. The average molecular weight is 679 g/mol. The molecule has 0 aliphatic carbocycles. The molecule has 0 bridgehead atoms. The zero-order valence-electron chi connectivity index (χ0n) is 28.6. The molecule has 0 saturated heterocycles. The topological polar surface area (TPSA) is 100 Å². The fraction of sp³-hybridized carbons (Fsp3) is 0.0465. The van der Waals surface area contributed by atoms with Gasteiger partial charge in [0.25, 0.3) is 0 Å². The second kappa shape index (κ2) is 14.0. The fourth-order valence-electron chi connectivity index (χ4n) is 6.53. The average Bonchev–Trinajstić information content (AvgIpc) is 3.64. The standard InChI is InChI=1S/C43H34N8O/c1-50-37-19-11-9-17-35(37)39(41(50)29-13-5-3-6-14-29)48-46-33-25-21-31(22-26-33)44-43(52)45-32-23-27-34(28-24-32)47-49-40-36-18-10-12-20-38(36)51(2)42(40)30-15-7-4-8-16-30/h3-28H,1-2H3,(H2,44,45,52). The Balaban J connectivity index is 0.938. The van der Waals surface area contributed by atoms with E-state index in [1.54, 1.807) is 24.3 Å². The Labute approximate surface area is 300 Å². The predicted octanol–water partition coefficient (Wildman–Crippen LogP) is 12.5. The van der Waals surface area contributed by atoms with Gasteiger partial charge in [0, 0.05) is 47.4 Å². The number of rotatable bonds is 8. The van der Waals surface area contributed by atoms with Crippen molar-refractivity contribution in [1.29, 1.82) is 0 Å². The molecule has 52 heavy (non-hydrogen) atoms. The van der Waals surface area contributed by atoms with Crippen molar-refractivity contribution in [2.24, 2.45) is 34.6 Å². The second-order valence-corrected chi connectivity index (χ2v) is 12.4. The number of fused-ring (bicyclic) bond motifs is 2. The number of aryl methyl sites for hydroxylation is 2. The van der Waals surface area contributed by atoms with Crippen molar-refractivity contribution in [3.63, 3.8) is 0 Å². The van der Waals surface area contributed by atoms with Crippen molar-refractivity contribution in [3.8, 4) is 22.5 Å². The minimum absolute atomic E-state index is 0.365. The second-order valence-electron chi connectivity index (χ2n) is 12.4. The highest BCUT2D eigenvalue weighted by Crippen LogP contribution is 2.41. The van der Waals surface area contributed by atoms with Crippen molar-refractivity contribution < 1.29 is 4.79 Å². The minimum Gasteiger partial charge on any atom is -0.342 e. The molecule has 9 nitrogen and oxygen atoms in total. The van der Waals surface area contributed by atoms with Gasteiger partial charge in [-0.1, -0.05) is 97.1 Å². The highest BCUT2D eigenvalue weighted by molar-refractivity contribution is 6.02. The van der Waals surface area contributed by atoms with Gasteiger partial charge in [-0.3, -0.25) is 0 Å². The first kappa shape index (κ1) is 32.1. The smallest absolute Gasteiger partial charge is 0.323 e. The van der Waals surface area contributed by atoms with Crippen LogP contribution in [0.4, 0.5) is 38.9 Å². The van der Waals surface area contributed by atoms with Gasteiger partial charge in [-0.2, -0.15) is 10.2 Å². The van der Waals surface area contributed by atoms with Crippen LogP contribution in [0.25, 0.3) is 44.3 Å². The molecule has 2 amide bonds. The number of para-hydroxylation sites is 2. The van der Waals surface area contributed by atoms with Crippen molar-refractivity contribution >= 4 is 62.0 Å². The molecular weight excluding hydrogens is 645 g/mol. The van der Waals surface area contributed by atoms with Crippen LogP contribution >= 0.6 is 0 Å². The summed E-state index contributed by atoms with van der Waals surface area (Å²) in [6, 6.07) is 50.9. The highest BCUT2D eigenvalue weighted by atomic mass is 16.2. The molecule has 8 aromatic rings. The predicted molar refractivity (Wildman–Crippen MR) is 211 cm³/mol. The van der Waals surface area contributed by atoms with Crippen LogP contribution in [-0.2, 0) is 14.1 Å². The van der Waals surface area contributed by atoms with E-state index in [1.165, 1.54) is 0 Å². The number of aromatic nitrogens is 2. The molecule has 0 aliphatic rings. The molecule has 2 aromatic heterocycles. The number of benzene rings is 6. The summed E-state index contributed by atoms with van der Waals surface area (Å²) < 4.78 is 4.30. The monoisotopic (exact) mass is 678 g/mol. The number of amides is 2. The van der Waals surface area contributed by atoms with Crippen LogP contribution in [0.1, 0.15) is 0 Å². The number of urea groups is 1. The molecule has 252 valence electrons. The molecule has 0 aliphatic heterocycles. The molecule has 0 radical (unpaired) electrons. The van der Waals surface area contributed by atoms with Gasteiger partial charge in [-0.25, -0.2) is 4.79 Å². The van der Waals surface area contributed by atoms with Crippen LogP contribution in [0.2, 0.25) is 0 Å². The van der Waals surface area contributed by atoms with Crippen LogP contribution in [-0.4, -0.2) is 15.2 Å². The van der Waals surface area contributed by atoms with Gasteiger partial charge in [0.05, 0.1) is 33.8 Å². The van der Waals surface area contributed by atoms with E-state index in [-0.39, 0.29) is 6.03 Å². The van der Waals surface area contributed by atoms with E-state index >= 15 is 0 Å². The number of azo groups is 2. The Morgan fingerprint density at radius 2 is 0.808 bits per heavy atom. The fourth-order valence-corrected chi connectivity index (χ4v) is 6.53. The maximum atomic E-state index is 12.9. The molecule has 0 spiro atoms. The maximum absolute atomic E-state index is 12.9. The van der Waals surface area contributed by atoms with Crippen molar-refractivity contribution in [1.82, 2.24) is 9.13 Å². The van der Waals surface area contributed by atoms with Gasteiger partial charge in [-0.15, -0.1) is 10.2 Å². The Hall–Kier alpha value is -7.13. The van der Waals surface area contributed by atoms with Gasteiger partial charge in [0.15, 0.2) is 0 Å². The zero-order valence-corrected chi connectivity index (χ0v) is 28.6. The lowest BCUT2D eigenvalue weighted by Gasteiger charge is -2.08. The summed E-state index contributed by atoms with van der Waals surface area (Å²) in [7, 11) is 4.09. The van der Waals surface area contributed by atoms with Gasteiger partial charge in [-0.05, 0) is 60.7 Å². The number of hydrogen-bond donors (Lipinski definition) is 2. The molecule has 0 atom stereocenters. The summed E-state index contributed by atoms with van der Waals surface area (Å²) in [6.07, 6.45) is 0. The molecule has 2 N–H and O–H groups in total. The Bertz CT molecular complexity index is 2400. The van der Waals surface area contributed by atoms with E-state index in [0.29, 0.717) is 22.7 Å². The number of carbonyl (C=O) groups is 1. The third-order valence-corrected chi connectivity index (χ3v) is 9.04. The Kier molecular flexibility index (Phi) is 8.65. The first-order valence-corrected chi connectivity index (χ1v) is 16.9. The van der Waals surface area contributed by atoms with Gasteiger partial charge in [0.1, 0.15) is 11.4 Å². The number of carbonyl (C=O) groups excluding carboxylic acids is 1. The molecule has 8 rings (SSSR count). The number of hydrogen-bond acceptors (Lipinski definition) is 5. The maximum Gasteiger partial charge on any atom is 0.323 e. The summed E-state index contributed by atoms with van der Waals surface area (Å²) in [5.74, 6) is 0. The number of nitrogens with zero attached hydrogens (tertiary/aromatic N) is 6. The third kappa shape index (κ3) is 6.34. The van der Waals surface area contributed by atoms with Crippen molar-refractivity contribution in [2.75, 3.05) is 10.6 Å².